The van der Waals surface area contributed by atoms with Crippen molar-refractivity contribution in [2.24, 2.45) is 17.6 Å². The number of halogens is 1. The molecule has 39 heavy (non-hydrogen) atoms. The second-order valence-corrected chi connectivity index (χ2v) is 11.6. The van der Waals surface area contributed by atoms with Crippen LogP contribution in [0.2, 0.25) is 5.02 Å². The second kappa shape index (κ2) is 12.7. The summed E-state index contributed by atoms with van der Waals surface area (Å²) in [4.78, 5) is 26.3. The van der Waals surface area contributed by atoms with Crippen LogP contribution in [0.4, 0.5) is 4.79 Å². The van der Waals surface area contributed by atoms with Crippen LogP contribution < -0.4 is 11.1 Å². The van der Waals surface area contributed by atoms with Crippen LogP contribution in [0.1, 0.15) is 60.8 Å². The highest BCUT2D eigenvalue weighted by atomic mass is 35.5. The lowest BCUT2D eigenvalue weighted by atomic mass is 9.72. The number of aliphatic hydroxyl groups excluding tert-OH is 1. The summed E-state index contributed by atoms with van der Waals surface area (Å²) in [5.74, 6) is -0.605. The van der Waals surface area contributed by atoms with Crippen molar-refractivity contribution in [1.29, 1.82) is 0 Å². The number of carbonyl (C=O) groups is 2. The maximum Gasteiger partial charge on any atom is 0.404 e. The van der Waals surface area contributed by atoms with E-state index in [0.717, 1.165) is 35.1 Å². The van der Waals surface area contributed by atoms with Gasteiger partial charge in [0.2, 0.25) is 5.91 Å². The molecule has 9 heteroatoms. The van der Waals surface area contributed by atoms with Gasteiger partial charge in [-0.15, -0.1) is 0 Å². The molecule has 1 aliphatic heterocycles. The summed E-state index contributed by atoms with van der Waals surface area (Å²) in [7, 11) is 0. The summed E-state index contributed by atoms with van der Waals surface area (Å²) >= 11 is 6.76. The standard InChI is InChI=1S/C30H40ClN3O5/c1-19-6-2-7-20(14-19)15-23-24(9-3-10-25(23)31)30(39,11-5-12-33-29(37)38)22-8-4-13-34(18-22)28(36)21-16-26(32)27(35)17-21/h2-3,6-7,9-10,14,21-22,26-27,33,35,39H,4-5,8,11-13,15-18,32H2,1H3,(H,37,38)/t21-,22+,26+,27-,30?/m0/s1. The highest BCUT2D eigenvalue weighted by Gasteiger charge is 2.44. The van der Waals surface area contributed by atoms with Gasteiger partial charge in [0.25, 0.3) is 0 Å². The Balaban J connectivity index is 1.64. The monoisotopic (exact) mass is 557 g/mol. The van der Waals surface area contributed by atoms with Gasteiger partial charge in [0.15, 0.2) is 0 Å². The molecule has 8 nitrogen and oxygen atoms in total. The second-order valence-electron chi connectivity index (χ2n) is 11.2. The van der Waals surface area contributed by atoms with Crippen molar-refractivity contribution in [2.75, 3.05) is 19.6 Å². The molecule has 0 bridgehead atoms. The van der Waals surface area contributed by atoms with Crippen molar-refractivity contribution < 1.29 is 24.9 Å². The van der Waals surface area contributed by atoms with Gasteiger partial charge >= 0.3 is 6.09 Å². The summed E-state index contributed by atoms with van der Waals surface area (Å²) in [6.07, 6.45) is 1.78. The summed E-state index contributed by atoms with van der Waals surface area (Å²) in [5.41, 5.74) is 8.43. The number of benzene rings is 2. The first-order valence-corrected chi connectivity index (χ1v) is 14.2. The van der Waals surface area contributed by atoms with E-state index >= 15 is 0 Å². The van der Waals surface area contributed by atoms with Crippen molar-refractivity contribution in [3.8, 4) is 0 Å². The molecule has 0 spiro atoms. The Morgan fingerprint density at radius 1 is 1.21 bits per heavy atom. The van der Waals surface area contributed by atoms with Gasteiger partial charge in [0.05, 0.1) is 11.7 Å². The number of carbonyl (C=O) groups excluding carboxylic acids is 1. The molecule has 2 aromatic carbocycles. The number of rotatable bonds is 9. The van der Waals surface area contributed by atoms with E-state index < -0.39 is 23.8 Å². The minimum Gasteiger partial charge on any atom is -0.465 e. The van der Waals surface area contributed by atoms with Gasteiger partial charge in [0, 0.05) is 42.5 Å². The van der Waals surface area contributed by atoms with Crippen molar-refractivity contribution in [3.63, 3.8) is 0 Å². The minimum absolute atomic E-state index is 0.0207. The van der Waals surface area contributed by atoms with E-state index in [2.05, 4.69) is 11.4 Å². The fraction of sp³-hybridized carbons (Fsp3) is 0.533. The molecule has 212 valence electrons. The highest BCUT2D eigenvalue weighted by Crippen LogP contribution is 2.43. The van der Waals surface area contributed by atoms with Crippen LogP contribution >= 0.6 is 11.6 Å². The molecule has 1 unspecified atom stereocenters. The van der Waals surface area contributed by atoms with Crippen LogP contribution in [0.25, 0.3) is 0 Å². The van der Waals surface area contributed by atoms with Crippen LogP contribution in [0.5, 0.6) is 0 Å². The number of nitrogens with one attached hydrogen (secondary N) is 1. The number of nitrogens with two attached hydrogens (primary N) is 1. The van der Waals surface area contributed by atoms with E-state index in [0.29, 0.717) is 50.2 Å². The fourth-order valence-corrected chi connectivity index (χ4v) is 6.60. The van der Waals surface area contributed by atoms with E-state index in [9.17, 15) is 19.8 Å². The molecule has 6 N–H and O–H groups in total. The summed E-state index contributed by atoms with van der Waals surface area (Å²) in [6, 6.07) is 13.4. The van der Waals surface area contributed by atoms with Crippen LogP contribution in [0.15, 0.2) is 42.5 Å². The number of aryl methyl sites for hydroxylation is 1. The maximum atomic E-state index is 13.4. The quantitative estimate of drug-likeness (QED) is 0.297. The predicted octanol–water partition coefficient (Wildman–Crippen LogP) is 3.81. The highest BCUT2D eigenvalue weighted by molar-refractivity contribution is 6.31. The number of likely N-dealkylation sites (tertiary alicyclic amines) is 1. The predicted molar refractivity (Wildman–Crippen MR) is 151 cm³/mol. The minimum atomic E-state index is -1.32. The Hall–Kier alpha value is -2.65. The number of hydrogen-bond donors (Lipinski definition) is 5. The molecule has 4 rings (SSSR count). The van der Waals surface area contributed by atoms with Gasteiger partial charge in [-0.25, -0.2) is 4.79 Å². The zero-order valence-corrected chi connectivity index (χ0v) is 23.2. The molecule has 5 atom stereocenters. The number of carboxylic acid groups (broad SMARTS) is 1. The number of piperidine rings is 1. The molecule has 1 heterocycles. The zero-order valence-electron chi connectivity index (χ0n) is 22.5. The topological polar surface area (TPSA) is 136 Å². The Morgan fingerprint density at radius 3 is 2.67 bits per heavy atom. The summed E-state index contributed by atoms with van der Waals surface area (Å²) < 4.78 is 0. The first-order chi connectivity index (χ1) is 18.6. The molecule has 1 aliphatic carbocycles. The number of amides is 2. The smallest absolute Gasteiger partial charge is 0.404 e. The lowest BCUT2D eigenvalue weighted by molar-refractivity contribution is -0.141. The molecule has 1 saturated carbocycles. The van der Waals surface area contributed by atoms with Gasteiger partial charge in [-0.1, -0.05) is 53.6 Å². The largest absolute Gasteiger partial charge is 0.465 e. The SMILES string of the molecule is Cc1cccc(Cc2c(Cl)cccc2C(O)(CCCNC(=O)O)[C@@H]2CCCN(C(=O)[C@H]3C[C@@H](N)[C@@H](O)C3)C2)c1. The molecule has 0 aromatic heterocycles. The van der Waals surface area contributed by atoms with Crippen LogP contribution in [0, 0.1) is 18.8 Å². The molecule has 0 radical (unpaired) electrons. The average Bonchev–Trinajstić information content (AvgIpc) is 3.25. The lowest BCUT2D eigenvalue weighted by Gasteiger charge is -2.44. The van der Waals surface area contributed by atoms with Crippen molar-refractivity contribution in [3.05, 3.63) is 69.7 Å². The average molecular weight is 558 g/mol. The van der Waals surface area contributed by atoms with E-state index in [1.54, 1.807) is 0 Å². The zero-order chi connectivity index (χ0) is 28.2. The molecule has 2 aliphatic rings. The normalized spacial score (nSPS) is 24.8. The van der Waals surface area contributed by atoms with E-state index in [-0.39, 0.29) is 24.3 Å². The molecule has 2 aromatic rings. The Bertz CT molecular complexity index is 1170. The van der Waals surface area contributed by atoms with Gasteiger partial charge in [0.1, 0.15) is 0 Å². The van der Waals surface area contributed by atoms with Crippen LogP contribution in [0.3, 0.4) is 0 Å². The summed E-state index contributed by atoms with van der Waals surface area (Å²) in [5, 5.41) is 34.6. The Morgan fingerprint density at radius 2 is 1.97 bits per heavy atom. The number of aliphatic hydroxyl groups is 2. The third-order valence-electron chi connectivity index (χ3n) is 8.39. The first-order valence-electron chi connectivity index (χ1n) is 13.8. The molecular weight excluding hydrogens is 518 g/mol. The van der Waals surface area contributed by atoms with Gasteiger partial charge < -0.3 is 31.3 Å². The Labute approximate surface area is 235 Å². The molecule has 1 saturated heterocycles. The fourth-order valence-electron chi connectivity index (χ4n) is 6.36. The van der Waals surface area contributed by atoms with Crippen molar-refractivity contribution in [2.45, 2.75) is 69.6 Å². The van der Waals surface area contributed by atoms with Crippen LogP contribution in [-0.4, -0.2) is 64.0 Å². The van der Waals surface area contributed by atoms with Gasteiger partial charge in [-0.05, 0) is 74.6 Å². The number of nitrogens with zero attached hydrogens (tertiary/aromatic N) is 1. The lowest BCUT2D eigenvalue weighted by Crippen LogP contribution is -2.50. The van der Waals surface area contributed by atoms with Gasteiger partial charge in [-0.3, -0.25) is 4.79 Å². The Kier molecular flexibility index (Phi) is 9.54. The maximum absolute atomic E-state index is 13.4. The van der Waals surface area contributed by atoms with Crippen molar-refractivity contribution >= 4 is 23.6 Å². The third kappa shape index (κ3) is 6.92. The molecular formula is C30H40ClN3O5. The van der Waals surface area contributed by atoms with E-state index in [1.165, 1.54) is 0 Å². The first kappa shape index (κ1) is 29.3. The molecule has 2 amide bonds. The van der Waals surface area contributed by atoms with E-state index in [4.69, 9.17) is 22.4 Å². The van der Waals surface area contributed by atoms with Crippen LogP contribution in [-0.2, 0) is 16.8 Å². The van der Waals surface area contributed by atoms with Gasteiger partial charge in [-0.2, -0.15) is 0 Å². The molecule has 2 fully saturated rings. The summed E-state index contributed by atoms with van der Waals surface area (Å²) in [6.45, 7) is 3.21. The van der Waals surface area contributed by atoms with E-state index in [1.807, 2.05) is 48.2 Å². The number of hydrogen-bond acceptors (Lipinski definition) is 5. The third-order valence-corrected chi connectivity index (χ3v) is 8.75. The van der Waals surface area contributed by atoms with Crippen molar-refractivity contribution in [1.82, 2.24) is 10.2 Å².